The summed E-state index contributed by atoms with van der Waals surface area (Å²) >= 11 is 4.77. The van der Waals surface area contributed by atoms with Crippen LogP contribution in [0.5, 0.6) is 0 Å². The van der Waals surface area contributed by atoms with Gasteiger partial charge in [0, 0.05) is 13.1 Å². The van der Waals surface area contributed by atoms with Crippen LogP contribution in [0, 0.1) is 0 Å². The molecule has 0 aliphatic carbocycles. The molecular weight excluding hydrogens is 268 g/mol. The monoisotopic (exact) mass is 286 g/mol. The molecule has 0 bridgehead atoms. The molecule has 100 valence electrons. The van der Waals surface area contributed by atoms with Gasteiger partial charge >= 0.3 is 0 Å². The van der Waals surface area contributed by atoms with Crippen LogP contribution in [0.25, 0.3) is 0 Å². The van der Waals surface area contributed by atoms with Crippen molar-refractivity contribution >= 4 is 27.2 Å². The lowest BCUT2D eigenvalue weighted by atomic mass is 10.2. The van der Waals surface area contributed by atoms with E-state index in [4.69, 9.17) is 18.0 Å². The van der Waals surface area contributed by atoms with Crippen molar-refractivity contribution in [1.29, 1.82) is 0 Å². The van der Waals surface area contributed by atoms with Crippen molar-refractivity contribution in [3.63, 3.8) is 0 Å². The van der Waals surface area contributed by atoms with Crippen molar-refractivity contribution in [3.05, 3.63) is 35.9 Å². The van der Waals surface area contributed by atoms with Crippen LogP contribution in [0.3, 0.4) is 0 Å². The molecule has 4 nitrogen and oxygen atoms in total. The third-order valence-electron chi connectivity index (χ3n) is 2.76. The highest BCUT2D eigenvalue weighted by atomic mass is 32.2. The van der Waals surface area contributed by atoms with E-state index in [1.807, 2.05) is 30.3 Å². The summed E-state index contributed by atoms with van der Waals surface area (Å²) in [7, 11) is -3.48. The summed E-state index contributed by atoms with van der Waals surface area (Å²) in [5.41, 5.74) is 6.38. The molecule has 6 heteroatoms. The molecule has 1 unspecified atom stereocenters. The zero-order valence-corrected chi connectivity index (χ0v) is 12.2. The predicted molar refractivity (Wildman–Crippen MR) is 77.7 cm³/mol. The van der Waals surface area contributed by atoms with Crippen molar-refractivity contribution < 1.29 is 8.42 Å². The average Bonchev–Trinajstić information content (AvgIpc) is 2.35. The topological polar surface area (TPSA) is 63.4 Å². The van der Waals surface area contributed by atoms with Crippen LogP contribution < -0.4 is 5.73 Å². The smallest absolute Gasteiger partial charge is 0.223 e. The molecule has 0 spiro atoms. The van der Waals surface area contributed by atoms with Crippen LogP contribution in [-0.2, 0) is 16.6 Å². The Morgan fingerprint density at radius 3 is 2.39 bits per heavy atom. The Balaban J connectivity index is 2.94. The minimum atomic E-state index is -3.48. The van der Waals surface area contributed by atoms with Gasteiger partial charge in [0.15, 0.2) is 0 Å². The standard InChI is InChI=1S/C12H18N2O2S2/c1-3-14(9-11-7-5-4-6-8-11)18(15,16)10(2)12(13)17/h4-8,10H,3,9H2,1-2H3,(H2,13,17). The first kappa shape index (κ1) is 15.1. The summed E-state index contributed by atoms with van der Waals surface area (Å²) in [5, 5.41) is -0.837. The molecule has 0 aromatic heterocycles. The summed E-state index contributed by atoms with van der Waals surface area (Å²) in [4.78, 5) is 0.00140. The maximum absolute atomic E-state index is 12.3. The van der Waals surface area contributed by atoms with Crippen molar-refractivity contribution in [1.82, 2.24) is 4.31 Å². The maximum Gasteiger partial charge on any atom is 0.223 e. The van der Waals surface area contributed by atoms with Crippen LogP contribution in [0.2, 0.25) is 0 Å². The largest absolute Gasteiger partial charge is 0.392 e. The van der Waals surface area contributed by atoms with Gasteiger partial charge in [-0.25, -0.2) is 8.42 Å². The Hall–Kier alpha value is -0.980. The molecule has 0 aliphatic heterocycles. The summed E-state index contributed by atoms with van der Waals surface area (Å²) in [6.45, 7) is 4.05. The van der Waals surface area contributed by atoms with E-state index in [0.717, 1.165) is 5.56 Å². The lowest BCUT2D eigenvalue weighted by Crippen LogP contribution is -2.42. The quantitative estimate of drug-likeness (QED) is 0.805. The zero-order valence-electron chi connectivity index (χ0n) is 10.5. The highest BCUT2D eigenvalue weighted by Crippen LogP contribution is 2.13. The van der Waals surface area contributed by atoms with Crippen LogP contribution in [0.4, 0.5) is 0 Å². The highest BCUT2D eigenvalue weighted by Gasteiger charge is 2.29. The fraction of sp³-hybridized carbons (Fsp3) is 0.417. The van der Waals surface area contributed by atoms with Gasteiger partial charge in [-0.15, -0.1) is 0 Å². The van der Waals surface area contributed by atoms with E-state index in [9.17, 15) is 8.42 Å². The zero-order chi connectivity index (χ0) is 13.8. The highest BCUT2D eigenvalue weighted by molar-refractivity contribution is 7.92. The fourth-order valence-electron chi connectivity index (χ4n) is 1.54. The molecule has 2 N–H and O–H groups in total. The third-order valence-corrected chi connectivity index (χ3v) is 5.52. The number of hydrogen-bond acceptors (Lipinski definition) is 3. The van der Waals surface area contributed by atoms with Crippen LogP contribution >= 0.6 is 12.2 Å². The van der Waals surface area contributed by atoms with Crippen LogP contribution in [-0.4, -0.2) is 29.5 Å². The average molecular weight is 286 g/mol. The molecule has 0 saturated carbocycles. The number of nitrogens with two attached hydrogens (primary N) is 1. The Bertz CT molecular complexity index is 500. The number of hydrogen-bond donors (Lipinski definition) is 1. The molecular formula is C12H18N2O2S2. The summed E-state index contributed by atoms with van der Waals surface area (Å²) in [6, 6.07) is 9.44. The molecule has 1 atom stereocenters. The number of thiocarbonyl (C=S) groups is 1. The van der Waals surface area contributed by atoms with Crippen molar-refractivity contribution in [2.75, 3.05) is 6.54 Å². The number of rotatable bonds is 6. The van der Waals surface area contributed by atoms with Gasteiger partial charge in [-0.1, -0.05) is 49.5 Å². The van der Waals surface area contributed by atoms with Gasteiger partial charge in [-0.05, 0) is 12.5 Å². The fourth-order valence-corrected chi connectivity index (χ4v) is 3.33. The second-order valence-corrected chi connectivity index (χ2v) is 6.73. The third kappa shape index (κ3) is 3.51. The summed E-state index contributed by atoms with van der Waals surface area (Å²) in [6.07, 6.45) is 0. The first-order chi connectivity index (χ1) is 8.39. The minimum Gasteiger partial charge on any atom is -0.392 e. The van der Waals surface area contributed by atoms with Gasteiger partial charge < -0.3 is 5.73 Å². The second kappa shape index (κ2) is 6.26. The van der Waals surface area contributed by atoms with Gasteiger partial charge in [0.1, 0.15) is 5.25 Å². The molecule has 0 amide bonds. The number of sulfonamides is 1. The van der Waals surface area contributed by atoms with Gasteiger partial charge in [-0.3, -0.25) is 0 Å². The SMILES string of the molecule is CCN(Cc1ccccc1)S(=O)(=O)C(C)C(N)=S. The molecule has 0 fully saturated rings. The molecule has 1 aromatic rings. The van der Waals surface area contributed by atoms with E-state index in [0.29, 0.717) is 13.1 Å². The van der Waals surface area contributed by atoms with Gasteiger partial charge in [0.05, 0.1) is 4.99 Å². The Morgan fingerprint density at radius 2 is 1.94 bits per heavy atom. The molecule has 1 rings (SSSR count). The van der Waals surface area contributed by atoms with E-state index in [2.05, 4.69) is 0 Å². The van der Waals surface area contributed by atoms with Gasteiger partial charge in [0.2, 0.25) is 10.0 Å². The first-order valence-corrected chi connectivity index (χ1v) is 7.63. The van der Waals surface area contributed by atoms with Crippen molar-refractivity contribution in [3.8, 4) is 0 Å². The van der Waals surface area contributed by atoms with E-state index >= 15 is 0 Å². The lowest BCUT2D eigenvalue weighted by Gasteiger charge is -2.24. The molecule has 0 aliphatic rings. The van der Waals surface area contributed by atoms with E-state index in [1.165, 1.54) is 11.2 Å². The van der Waals surface area contributed by atoms with Gasteiger partial charge in [-0.2, -0.15) is 4.31 Å². The second-order valence-electron chi connectivity index (χ2n) is 4.00. The normalized spacial score (nSPS) is 13.5. The van der Waals surface area contributed by atoms with Gasteiger partial charge in [0.25, 0.3) is 0 Å². The molecule has 0 radical (unpaired) electrons. The van der Waals surface area contributed by atoms with E-state index in [-0.39, 0.29) is 4.99 Å². The maximum atomic E-state index is 12.3. The molecule has 1 aromatic carbocycles. The van der Waals surface area contributed by atoms with E-state index in [1.54, 1.807) is 6.92 Å². The lowest BCUT2D eigenvalue weighted by molar-refractivity contribution is 0.421. The molecule has 18 heavy (non-hydrogen) atoms. The number of nitrogens with zero attached hydrogens (tertiary/aromatic N) is 1. The van der Waals surface area contributed by atoms with Crippen molar-refractivity contribution in [2.24, 2.45) is 5.73 Å². The molecule has 0 saturated heterocycles. The van der Waals surface area contributed by atoms with Crippen LogP contribution in [0.1, 0.15) is 19.4 Å². The van der Waals surface area contributed by atoms with Crippen LogP contribution in [0.15, 0.2) is 30.3 Å². The molecule has 0 heterocycles. The summed E-state index contributed by atoms with van der Waals surface area (Å²) in [5.74, 6) is 0. The predicted octanol–water partition coefficient (Wildman–Crippen LogP) is 1.51. The Kier molecular flexibility index (Phi) is 5.25. The first-order valence-electron chi connectivity index (χ1n) is 5.71. The minimum absolute atomic E-state index is 0.00140. The van der Waals surface area contributed by atoms with Crippen molar-refractivity contribution in [2.45, 2.75) is 25.6 Å². The number of benzene rings is 1. The Morgan fingerprint density at radius 1 is 1.39 bits per heavy atom. The van der Waals surface area contributed by atoms with E-state index < -0.39 is 15.3 Å². The Labute approximate surface area is 114 Å². The summed E-state index contributed by atoms with van der Waals surface area (Å²) < 4.78 is 25.9.